The highest BCUT2D eigenvalue weighted by Gasteiger charge is 2.14. The van der Waals surface area contributed by atoms with E-state index in [2.05, 4.69) is 27.4 Å². The summed E-state index contributed by atoms with van der Waals surface area (Å²) in [6.07, 6.45) is 3.03. The molecule has 0 aliphatic rings. The first-order valence-electron chi connectivity index (χ1n) is 6.03. The van der Waals surface area contributed by atoms with Gasteiger partial charge in [0, 0.05) is 5.92 Å². The van der Waals surface area contributed by atoms with Gasteiger partial charge in [-0.15, -0.1) is 5.10 Å². The number of aromatic nitrogens is 3. The smallest absolute Gasteiger partial charge is 0.337 e. The maximum atomic E-state index is 11.7. The maximum absolute atomic E-state index is 11.7. The van der Waals surface area contributed by atoms with E-state index in [9.17, 15) is 4.79 Å². The number of carbonyl (C=O) groups excluding carboxylic acids is 1. The molecule has 0 spiro atoms. The molecule has 1 unspecified atom stereocenters. The van der Waals surface area contributed by atoms with Gasteiger partial charge in [-0.3, -0.25) is 10.1 Å². The molecule has 1 amide bonds. The van der Waals surface area contributed by atoms with E-state index in [4.69, 9.17) is 4.74 Å². The fourth-order valence-corrected chi connectivity index (χ4v) is 1.38. The number of hydrogen-bond donors (Lipinski definition) is 2. The molecule has 17 heavy (non-hydrogen) atoms. The Bertz CT molecular complexity index is 351. The van der Waals surface area contributed by atoms with Gasteiger partial charge in [-0.05, 0) is 13.3 Å². The minimum absolute atomic E-state index is 0.0180. The number of unbranched alkanes of at least 4 members (excludes halogenated alkanes) is 1. The lowest BCUT2D eigenvalue weighted by Crippen LogP contribution is -2.21. The second kappa shape index (κ2) is 6.88. The van der Waals surface area contributed by atoms with Crippen LogP contribution in [0.3, 0.4) is 0 Å². The zero-order valence-corrected chi connectivity index (χ0v) is 10.6. The highest BCUT2D eigenvalue weighted by atomic mass is 16.5. The summed E-state index contributed by atoms with van der Waals surface area (Å²) in [5.74, 6) is 0.273. The minimum atomic E-state index is -0.0438. The molecule has 1 heterocycles. The third-order valence-corrected chi connectivity index (χ3v) is 2.42. The zero-order chi connectivity index (χ0) is 12.7. The summed E-state index contributed by atoms with van der Waals surface area (Å²) in [5, 5.41) is 9.10. The monoisotopic (exact) mass is 240 g/mol. The van der Waals surface area contributed by atoms with Gasteiger partial charge >= 0.3 is 6.01 Å². The molecule has 0 radical (unpaired) electrons. The van der Waals surface area contributed by atoms with Crippen LogP contribution in [0.15, 0.2) is 0 Å². The Balaban J connectivity index is 2.43. The summed E-state index contributed by atoms with van der Waals surface area (Å²) in [4.78, 5) is 15.7. The Kier molecular flexibility index (Phi) is 5.45. The molecule has 0 aromatic carbocycles. The van der Waals surface area contributed by atoms with E-state index in [1.807, 2.05) is 13.8 Å². The van der Waals surface area contributed by atoms with Crippen molar-refractivity contribution in [2.75, 3.05) is 11.9 Å². The highest BCUT2D eigenvalue weighted by Crippen LogP contribution is 2.11. The predicted molar refractivity (Wildman–Crippen MR) is 64.9 cm³/mol. The van der Waals surface area contributed by atoms with Gasteiger partial charge in [-0.2, -0.15) is 4.98 Å². The molecule has 0 saturated carbocycles. The first kappa shape index (κ1) is 13.5. The molecule has 0 bridgehead atoms. The van der Waals surface area contributed by atoms with Crippen LogP contribution in [0, 0.1) is 5.92 Å². The average Bonchev–Trinajstić information content (AvgIpc) is 2.74. The van der Waals surface area contributed by atoms with E-state index in [1.165, 1.54) is 0 Å². The van der Waals surface area contributed by atoms with Crippen LogP contribution >= 0.6 is 0 Å². The van der Waals surface area contributed by atoms with E-state index >= 15 is 0 Å². The number of nitrogens with one attached hydrogen (secondary N) is 2. The summed E-state index contributed by atoms with van der Waals surface area (Å²) in [6.45, 7) is 6.36. The molecule has 1 rings (SSSR count). The Labute approximate surface area is 101 Å². The molecule has 0 saturated heterocycles. The Morgan fingerprint density at radius 3 is 2.94 bits per heavy atom. The zero-order valence-electron chi connectivity index (χ0n) is 10.6. The largest absolute Gasteiger partial charge is 0.463 e. The van der Waals surface area contributed by atoms with Crippen LogP contribution in [0.2, 0.25) is 0 Å². The number of rotatable bonds is 7. The standard InChI is InChI=1S/C11H20N4O2/c1-4-6-7-8(3)9(16)12-10-13-11(15-14-10)17-5-2/h8H,4-7H2,1-3H3,(H2,12,13,14,15,16). The number of nitrogens with zero attached hydrogens (tertiary/aromatic N) is 2. The third-order valence-electron chi connectivity index (χ3n) is 2.42. The van der Waals surface area contributed by atoms with E-state index in [0.29, 0.717) is 12.6 Å². The van der Waals surface area contributed by atoms with E-state index in [-0.39, 0.29) is 17.8 Å². The van der Waals surface area contributed by atoms with Crippen LogP contribution < -0.4 is 10.1 Å². The lowest BCUT2D eigenvalue weighted by Gasteiger charge is -2.09. The molecule has 0 fully saturated rings. The van der Waals surface area contributed by atoms with Crippen LogP contribution in [-0.2, 0) is 4.79 Å². The van der Waals surface area contributed by atoms with Gasteiger partial charge in [0.05, 0.1) is 6.61 Å². The molecule has 96 valence electrons. The van der Waals surface area contributed by atoms with Gasteiger partial charge in [0.25, 0.3) is 0 Å². The van der Waals surface area contributed by atoms with Gasteiger partial charge in [0.2, 0.25) is 11.9 Å². The summed E-state index contributed by atoms with van der Waals surface area (Å²) in [7, 11) is 0. The van der Waals surface area contributed by atoms with Crippen molar-refractivity contribution in [3.63, 3.8) is 0 Å². The van der Waals surface area contributed by atoms with Gasteiger partial charge in [-0.25, -0.2) is 5.10 Å². The molecule has 1 atom stereocenters. The Hall–Kier alpha value is -1.59. The number of aromatic amines is 1. The van der Waals surface area contributed by atoms with Crippen molar-refractivity contribution in [3.8, 4) is 6.01 Å². The van der Waals surface area contributed by atoms with Crippen LogP contribution in [0.5, 0.6) is 6.01 Å². The van der Waals surface area contributed by atoms with Crippen LogP contribution in [0.4, 0.5) is 5.95 Å². The minimum Gasteiger partial charge on any atom is -0.463 e. The second-order valence-corrected chi connectivity index (χ2v) is 3.93. The second-order valence-electron chi connectivity index (χ2n) is 3.93. The van der Waals surface area contributed by atoms with Crippen LogP contribution in [-0.4, -0.2) is 27.7 Å². The first-order valence-corrected chi connectivity index (χ1v) is 6.03. The summed E-state index contributed by atoms with van der Waals surface area (Å²) in [5.41, 5.74) is 0. The molecule has 0 aliphatic heterocycles. The normalized spacial score (nSPS) is 12.2. The lowest BCUT2D eigenvalue weighted by molar-refractivity contribution is -0.119. The van der Waals surface area contributed by atoms with Gasteiger partial charge in [-0.1, -0.05) is 26.7 Å². The van der Waals surface area contributed by atoms with Gasteiger partial charge in [0.1, 0.15) is 0 Å². The van der Waals surface area contributed by atoms with Crippen molar-refractivity contribution in [1.29, 1.82) is 0 Å². The van der Waals surface area contributed by atoms with E-state index in [1.54, 1.807) is 0 Å². The van der Waals surface area contributed by atoms with Crippen LogP contribution in [0.25, 0.3) is 0 Å². The summed E-state index contributed by atoms with van der Waals surface area (Å²) < 4.78 is 5.09. The molecule has 6 nitrogen and oxygen atoms in total. The van der Waals surface area contributed by atoms with Gasteiger partial charge < -0.3 is 4.74 Å². The third kappa shape index (κ3) is 4.42. The van der Waals surface area contributed by atoms with Crippen molar-refractivity contribution in [2.24, 2.45) is 5.92 Å². The van der Waals surface area contributed by atoms with Crippen molar-refractivity contribution < 1.29 is 9.53 Å². The molecule has 0 aliphatic carbocycles. The van der Waals surface area contributed by atoms with Crippen molar-refractivity contribution >= 4 is 11.9 Å². The average molecular weight is 240 g/mol. The number of ether oxygens (including phenoxy) is 1. The van der Waals surface area contributed by atoms with Crippen LogP contribution in [0.1, 0.15) is 40.0 Å². The Morgan fingerprint density at radius 2 is 2.29 bits per heavy atom. The fourth-order valence-electron chi connectivity index (χ4n) is 1.38. The van der Waals surface area contributed by atoms with E-state index in [0.717, 1.165) is 19.3 Å². The molecular weight excluding hydrogens is 220 g/mol. The predicted octanol–water partition coefficient (Wildman–Crippen LogP) is 1.97. The molecule has 1 aromatic rings. The first-order chi connectivity index (χ1) is 8.17. The number of amides is 1. The highest BCUT2D eigenvalue weighted by molar-refractivity contribution is 5.90. The summed E-state index contributed by atoms with van der Waals surface area (Å²) in [6, 6.07) is 0.254. The molecular formula is C11H20N4O2. The lowest BCUT2D eigenvalue weighted by atomic mass is 10.0. The number of H-pyrrole nitrogens is 1. The maximum Gasteiger partial charge on any atom is 0.337 e. The number of carbonyl (C=O) groups is 1. The topological polar surface area (TPSA) is 79.9 Å². The quantitative estimate of drug-likeness (QED) is 0.763. The van der Waals surface area contributed by atoms with Crippen molar-refractivity contribution in [2.45, 2.75) is 40.0 Å². The summed E-state index contributed by atoms with van der Waals surface area (Å²) >= 11 is 0. The number of hydrogen-bond acceptors (Lipinski definition) is 4. The van der Waals surface area contributed by atoms with Crippen molar-refractivity contribution in [1.82, 2.24) is 15.2 Å². The Morgan fingerprint density at radius 1 is 1.53 bits per heavy atom. The molecule has 6 heteroatoms. The SMILES string of the molecule is CCCCC(C)C(=O)Nc1nc(OCC)n[nH]1. The molecule has 1 aromatic heterocycles. The fraction of sp³-hybridized carbons (Fsp3) is 0.727. The molecule has 2 N–H and O–H groups in total. The number of anilines is 1. The van der Waals surface area contributed by atoms with E-state index < -0.39 is 0 Å². The van der Waals surface area contributed by atoms with Crippen molar-refractivity contribution in [3.05, 3.63) is 0 Å². The van der Waals surface area contributed by atoms with Gasteiger partial charge in [0.15, 0.2) is 0 Å².